The Morgan fingerprint density at radius 3 is 2.95 bits per heavy atom. The van der Waals surface area contributed by atoms with Crippen LogP contribution in [0.1, 0.15) is 28.2 Å². The quantitative estimate of drug-likeness (QED) is 0.851. The molecule has 5 nitrogen and oxygen atoms in total. The molecule has 0 saturated heterocycles. The number of aromatic nitrogens is 1. The van der Waals surface area contributed by atoms with Gasteiger partial charge in [0, 0.05) is 36.1 Å². The smallest absolute Gasteiger partial charge is 0.254 e. The van der Waals surface area contributed by atoms with Crippen molar-refractivity contribution in [2.75, 3.05) is 13.3 Å². The predicted octanol–water partition coefficient (Wildman–Crippen LogP) is 2.72. The summed E-state index contributed by atoms with van der Waals surface area (Å²) in [5.74, 6) is 1.43. The van der Waals surface area contributed by atoms with Gasteiger partial charge in [0.05, 0.1) is 5.01 Å². The molecule has 4 rings (SSSR count). The van der Waals surface area contributed by atoms with Gasteiger partial charge in [-0.25, -0.2) is 4.98 Å². The third-order valence-corrected chi connectivity index (χ3v) is 4.76. The lowest BCUT2D eigenvalue weighted by atomic mass is 10.1. The molecule has 2 heterocycles. The van der Waals surface area contributed by atoms with E-state index >= 15 is 0 Å². The normalized spacial score (nSPS) is 15.8. The van der Waals surface area contributed by atoms with Crippen LogP contribution in [0.4, 0.5) is 0 Å². The van der Waals surface area contributed by atoms with E-state index in [1.54, 1.807) is 23.6 Å². The Kier molecular flexibility index (Phi) is 3.46. The summed E-state index contributed by atoms with van der Waals surface area (Å²) in [6, 6.07) is 5.78. The number of fused-ring (bicyclic) bond motifs is 1. The maximum Gasteiger partial charge on any atom is 0.254 e. The monoisotopic (exact) mass is 316 g/mol. The van der Waals surface area contributed by atoms with Crippen molar-refractivity contribution < 1.29 is 14.3 Å². The van der Waals surface area contributed by atoms with Crippen LogP contribution in [0.3, 0.4) is 0 Å². The molecule has 1 aliphatic heterocycles. The van der Waals surface area contributed by atoms with E-state index in [2.05, 4.69) is 4.98 Å². The van der Waals surface area contributed by atoms with E-state index < -0.39 is 0 Å². The number of rotatable bonds is 5. The van der Waals surface area contributed by atoms with Crippen molar-refractivity contribution in [2.45, 2.75) is 25.3 Å². The van der Waals surface area contributed by atoms with E-state index in [0.29, 0.717) is 29.6 Å². The van der Waals surface area contributed by atoms with Crippen LogP contribution >= 0.6 is 11.3 Å². The molecule has 0 atom stereocenters. The third kappa shape index (κ3) is 2.66. The average molecular weight is 316 g/mol. The zero-order chi connectivity index (χ0) is 14.9. The maximum absolute atomic E-state index is 12.8. The first-order chi connectivity index (χ1) is 10.8. The van der Waals surface area contributed by atoms with Gasteiger partial charge in [0.25, 0.3) is 5.91 Å². The number of ether oxygens (including phenoxy) is 2. The first-order valence-electron chi connectivity index (χ1n) is 7.40. The molecule has 1 fully saturated rings. The lowest BCUT2D eigenvalue weighted by Gasteiger charge is -2.22. The number of carbonyl (C=O) groups excluding carboxylic acids is 1. The van der Waals surface area contributed by atoms with Crippen LogP contribution in [0.2, 0.25) is 0 Å². The first-order valence-corrected chi connectivity index (χ1v) is 8.28. The second-order valence-electron chi connectivity index (χ2n) is 5.47. The molecule has 1 saturated carbocycles. The van der Waals surface area contributed by atoms with Gasteiger partial charge in [0.15, 0.2) is 11.5 Å². The Labute approximate surface area is 132 Å². The standard InChI is InChI=1S/C16H16N2O3S/c19-16(11-1-4-13-14(9-11)21-10-20-13)18(12-2-3-12)7-5-15-17-6-8-22-15/h1,4,6,8-9,12H,2-3,5,7,10H2. The Hall–Kier alpha value is -2.08. The van der Waals surface area contributed by atoms with E-state index in [1.165, 1.54) is 0 Å². The van der Waals surface area contributed by atoms with E-state index in [-0.39, 0.29) is 12.7 Å². The fourth-order valence-corrected chi connectivity index (χ4v) is 3.23. The molecule has 0 unspecified atom stereocenters. The maximum atomic E-state index is 12.8. The lowest BCUT2D eigenvalue weighted by Crippen LogP contribution is -2.34. The predicted molar refractivity (Wildman–Crippen MR) is 82.4 cm³/mol. The van der Waals surface area contributed by atoms with Crippen LogP contribution in [0.5, 0.6) is 11.5 Å². The molecular weight excluding hydrogens is 300 g/mol. The first kappa shape index (κ1) is 13.6. The van der Waals surface area contributed by atoms with E-state index in [4.69, 9.17) is 9.47 Å². The van der Waals surface area contributed by atoms with Crippen LogP contribution < -0.4 is 9.47 Å². The molecule has 0 bridgehead atoms. The molecule has 0 N–H and O–H groups in total. The summed E-state index contributed by atoms with van der Waals surface area (Å²) in [6.07, 6.45) is 4.80. The Balaban J connectivity index is 1.50. The van der Waals surface area contributed by atoms with Gasteiger partial charge in [0.1, 0.15) is 0 Å². The average Bonchev–Trinajstić information content (AvgIpc) is 3.04. The molecule has 1 aromatic heterocycles. The zero-order valence-corrected chi connectivity index (χ0v) is 12.8. The minimum Gasteiger partial charge on any atom is -0.454 e. The molecule has 1 amide bonds. The Morgan fingerprint density at radius 2 is 2.18 bits per heavy atom. The van der Waals surface area contributed by atoms with Crippen molar-refractivity contribution in [2.24, 2.45) is 0 Å². The second kappa shape index (κ2) is 5.61. The lowest BCUT2D eigenvalue weighted by molar-refractivity contribution is 0.0744. The SMILES string of the molecule is O=C(c1ccc2c(c1)OCO2)N(CCc1nccs1)C1CC1. The highest BCUT2D eigenvalue weighted by Gasteiger charge is 2.33. The number of benzene rings is 1. The summed E-state index contributed by atoms with van der Waals surface area (Å²) in [5, 5.41) is 3.04. The van der Waals surface area contributed by atoms with Crippen molar-refractivity contribution in [1.82, 2.24) is 9.88 Å². The van der Waals surface area contributed by atoms with Crippen LogP contribution in [-0.2, 0) is 6.42 Å². The minimum atomic E-state index is 0.0670. The molecule has 2 aromatic rings. The molecule has 0 radical (unpaired) electrons. The summed E-state index contributed by atoms with van der Waals surface area (Å²) in [4.78, 5) is 19.1. The summed E-state index contributed by atoms with van der Waals surface area (Å²) in [7, 11) is 0. The van der Waals surface area contributed by atoms with Gasteiger partial charge >= 0.3 is 0 Å². The highest BCUT2D eigenvalue weighted by Crippen LogP contribution is 2.34. The van der Waals surface area contributed by atoms with Gasteiger partial charge in [-0.15, -0.1) is 11.3 Å². The topological polar surface area (TPSA) is 51.7 Å². The third-order valence-electron chi connectivity index (χ3n) is 3.92. The number of nitrogens with zero attached hydrogens (tertiary/aromatic N) is 2. The van der Waals surface area contributed by atoms with E-state index in [9.17, 15) is 4.79 Å². The van der Waals surface area contributed by atoms with Crippen molar-refractivity contribution in [3.8, 4) is 11.5 Å². The van der Waals surface area contributed by atoms with Gasteiger partial charge < -0.3 is 14.4 Å². The van der Waals surface area contributed by atoms with Gasteiger partial charge in [-0.05, 0) is 31.0 Å². The number of amides is 1. The molecule has 1 aromatic carbocycles. The van der Waals surface area contributed by atoms with E-state index in [1.807, 2.05) is 22.4 Å². The number of hydrogen-bond donors (Lipinski definition) is 0. The van der Waals surface area contributed by atoms with Gasteiger partial charge in [-0.1, -0.05) is 0 Å². The van der Waals surface area contributed by atoms with Crippen LogP contribution in [-0.4, -0.2) is 35.2 Å². The zero-order valence-electron chi connectivity index (χ0n) is 12.0. The van der Waals surface area contributed by atoms with Crippen LogP contribution in [0, 0.1) is 0 Å². The van der Waals surface area contributed by atoms with Crippen LogP contribution in [0.15, 0.2) is 29.8 Å². The number of hydrogen-bond acceptors (Lipinski definition) is 5. The number of thiazole rings is 1. The fraction of sp³-hybridized carbons (Fsp3) is 0.375. The summed E-state index contributed by atoms with van der Waals surface area (Å²) in [5.41, 5.74) is 0.662. The Morgan fingerprint density at radius 1 is 1.32 bits per heavy atom. The fourth-order valence-electron chi connectivity index (χ4n) is 2.62. The molecule has 114 valence electrons. The van der Waals surface area contributed by atoms with Crippen LogP contribution in [0.25, 0.3) is 0 Å². The molecule has 1 aliphatic carbocycles. The molecular formula is C16H16N2O3S. The van der Waals surface area contributed by atoms with Gasteiger partial charge in [-0.2, -0.15) is 0 Å². The summed E-state index contributed by atoms with van der Waals surface area (Å²) in [6.45, 7) is 0.939. The van der Waals surface area contributed by atoms with Crippen molar-refractivity contribution in [3.05, 3.63) is 40.3 Å². The Bertz CT molecular complexity index is 683. The molecule has 22 heavy (non-hydrogen) atoms. The minimum absolute atomic E-state index is 0.0670. The summed E-state index contributed by atoms with van der Waals surface area (Å²) >= 11 is 1.64. The molecule has 2 aliphatic rings. The van der Waals surface area contributed by atoms with Crippen molar-refractivity contribution >= 4 is 17.2 Å². The molecule has 0 spiro atoms. The van der Waals surface area contributed by atoms with E-state index in [0.717, 1.165) is 24.3 Å². The largest absolute Gasteiger partial charge is 0.454 e. The molecule has 6 heteroatoms. The van der Waals surface area contributed by atoms with Gasteiger partial charge in [0.2, 0.25) is 6.79 Å². The van der Waals surface area contributed by atoms with Gasteiger partial charge in [-0.3, -0.25) is 4.79 Å². The highest BCUT2D eigenvalue weighted by molar-refractivity contribution is 7.09. The number of carbonyl (C=O) groups is 1. The highest BCUT2D eigenvalue weighted by atomic mass is 32.1. The second-order valence-corrected chi connectivity index (χ2v) is 6.45. The summed E-state index contributed by atoms with van der Waals surface area (Å²) < 4.78 is 10.7. The van der Waals surface area contributed by atoms with Crippen molar-refractivity contribution in [1.29, 1.82) is 0 Å². The van der Waals surface area contributed by atoms with Crippen molar-refractivity contribution in [3.63, 3.8) is 0 Å².